The summed E-state index contributed by atoms with van der Waals surface area (Å²) < 4.78 is 37.4. The van der Waals surface area contributed by atoms with Crippen LogP contribution in [0, 0.1) is 0 Å². The summed E-state index contributed by atoms with van der Waals surface area (Å²) >= 11 is 0. The highest BCUT2D eigenvalue weighted by molar-refractivity contribution is 5.78. The zero-order valence-electron chi connectivity index (χ0n) is 14.1. The van der Waals surface area contributed by atoms with Gasteiger partial charge in [-0.3, -0.25) is 9.78 Å². The quantitative estimate of drug-likeness (QED) is 0.812. The van der Waals surface area contributed by atoms with Gasteiger partial charge in [-0.25, -0.2) is 9.97 Å². The Morgan fingerprint density at radius 1 is 1.27 bits per heavy atom. The minimum atomic E-state index is -4.62. The van der Waals surface area contributed by atoms with Crippen molar-refractivity contribution in [3.05, 3.63) is 53.9 Å². The van der Waals surface area contributed by atoms with E-state index in [1.165, 1.54) is 11.1 Å². The molecule has 2 aromatic rings. The number of hydrogen-bond acceptors (Lipinski definition) is 5. The highest BCUT2D eigenvalue weighted by Crippen LogP contribution is 2.25. The van der Waals surface area contributed by atoms with Crippen LogP contribution in [0.1, 0.15) is 36.4 Å². The summed E-state index contributed by atoms with van der Waals surface area (Å²) in [6, 6.07) is 3.39. The molecule has 0 saturated heterocycles. The van der Waals surface area contributed by atoms with Gasteiger partial charge in [0.25, 0.3) is 0 Å². The van der Waals surface area contributed by atoms with Gasteiger partial charge in [-0.05, 0) is 18.1 Å². The van der Waals surface area contributed by atoms with Gasteiger partial charge in [0.2, 0.25) is 11.7 Å². The van der Waals surface area contributed by atoms with Gasteiger partial charge in [0, 0.05) is 36.9 Å². The molecule has 0 bridgehead atoms. The van der Waals surface area contributed by atoms with Crippen LogP contribution >= 0.6 is 0 Å². The molecule has 1 unspecified atom stereocenters. The van der Waals surface area contributed by atoms with E-state index in [1.807, 2.05) is 6.92 Å². The van der Waals surface area contributed by atoms with Crippen LogP contribution in [-0.2, 0) is 17.4 Å². The smallest absolute Gasteiger partial charge is 0.386 e. The minimum absolute atomic E-state index is 0.0693. The van der Waals surface area contributed by atoms with E-state index < -0.39 is 18.1 Å². The highest BCUT2D eigenvalue weighted by atomic mass is 19.4. The molecule has 0 aliphatic carbocycles. The zero-order valence-corrected chi connectivity index (χ0v) is 14.1. The van der Waals surface area contributed by atoms with Gasteiger partial charge in [-0.15, -0.1) is 0 Å². The molecule has 9 heteroatoms. The molecule has 0 aliphatic rings. The lowest BCUT2D eigenvalue weighted by molar-refractivity contribution is -0.145. The number of aromatic nitrogens is 3. The molecular weight excluding hydrogens is 349 g/mol. The first-order valence-electron chi connectivity index (χ1n) is 8.05. The molecule has 0 aromatic carbocycles. The van der Waals surface area contributed by atoms with Crippen LogP contribution in [0.15, 0.2) is 36.9 Å². The minimum Gasteiger partial charge on any atom is -0.386 e. The predicted octanol–water partition coefficient (Wildman–Crippen LogP) is 2.41. The van der Waals surface area contributed by atoms with Crippen LogP contribution < -0.4 is 0 Å². The second-order valence-corrected chi connectivity index (χ2v) is 5.73. The molecule has 0 fully saturated rings. The molecule has 1 atom stereocenters. The van der Waals surface area contributed by atoms with Crippen LogP contribution in [0.3, 0.4) is 0 Å². The second-order valence-electron chi connectivity index (χ2n) is 5.73. The van der Waals surface area contributed by atoms with Gasteiger partial charge in [-0.1, -0.05) is 13.0 Å². The fraction of sp³-hybridized carbons (Fsp3) is 0.412. The zero-order chi connectivity index (χ0) is 19.2. The predicted molar refractivity (Wildman–Crippen MR) is 86.8 cm³/mol. The molecule has 1 N–H and O–H groups in total. The number of hydrogen-bond donors (Lipinski definition) is 1. The van der Waals surface area contributed by atoms with Crippen molar-refractivity contribution in [2.24, 2.45) is 0 Å². The Morgan fingerprint density at radius 2 is 1.96 bits per heavy atom. The largest absolute Gasteiger partial charge is 0.451 e. The molecule has 0 radical (unpaired) electrons. The van der Waals surface area contributed by atoms with E-state index in [0.29, 0.717) is 18.5 Å². The van der Waals surface area contributed by atoms with E-state index >= 15 is 0 Å². The Kier molecular flexibility index (Phi) is 6.62. The number of alkyl halides is 3. The van der Waals surface area contributed by atoms with Gasteiger partial charge >= 0.3 is 6.18 Å². The molecule has 140 valence electrons. The standard InChI is InChI=1S/C17H19F3N4O2/c1-2-6-24(11-14(25)13-4-3-5-21-10-13)15(26)7-12-8-22-16(23-9-12)17(18,19)20/h3-5,8-10,14,25H,2,6-7,11H2,1H3. The Balaban J connectivity index is 2.03. The van der Waals surface area contributed by atoms with Crippen LogP contribution in [-0.4, -0.2) is 44.0 Å². The van der Waals surface area contributed by atoms with E-state index in [1.54, 1.807) is 18.3 Å². The number of pyridine rings is 1. The summed E-state index contributed by atoms with van der Waals surface area (Å²) in [5.41, 5.74) is 0.860. The maximum absolute atomic E-state index is 12.5. The van der Waals surface area contributed by atoms with Crippen molar-refractivity contribution < 1.29 is 23.1 Å². The molecule has 6 nitrogen and oxygen atoms in total. The normalized spacial score (nSPS) is 12.7. The van der Waals surface area contributed by atoms with Crippen LogP contribution in [0.2, 0.25) is 0 Å². The summed E-state index contributed by atoms with van der Waals surface area (Å²) in [7, 11) is 0. The lowest BCUT2D eigenvalue weighted by Gasteiger charge is -2.25. The third kappa shape index (κ3) is 5.48. The monoisotopic (exact) mass is 368 g/mol. The molecule has 0 saturated carbocycles. The SMILES string of the molecule is CCCN(CC(O)c1cccnc1)C(=O)Cc1cnc(C(F)(F)F)nc1. The Labute approximate surface area is 148 Å². The van der Waals surface area contributed by atoms with E-state index in [0.717, 1.165) is 12.4 Å². The number of halogens is 3. The topological polar surface area (TPSA) is 79.2 Å². The van der Waals surface area contributed by atoms with E-state index in [4.69, 9.17) is 0 Å². The summed E-state index contributed by atoms with van der Waals surface area (Å²) in [5.74, 6) is -1.57. The molecule has 2 rings (SSSR count). The summed E-state index contributed by atoms with van der Waals surface area (Å²) in [4.78, 5) is 24.4. The Hall–Kier alpha value is -2.55. The first-order valence-corrected chi connectivity index (χ1v) is 8.05. The van der Waals surface area contributed by atoms with Gasteiger partial charge in [0.1, 0.15) is 0 Å². The Bertz CT molecular complexity index is 708. The molecule has 2 aromatic heterocycles. The molecule has 26 heavy (non-hydrogen) atoms. The van der Waals surface area contributed by atoms with Crippen molar-refractivity contribution in [1.82, 2.24) is 19.9 Å². The van der Waals surface area contributed by atoms with Crippen LogP contribution in [0.4, 0.5) is 13.2 Å². The number of carbonyl (C=O) groups is 1. The number of aliphatic hydroxyl groups is 1. The number of amides is 1. The van der Waals surface area contributed by atoms with Gasteiger partial charge in [-0.2, -0.15) is 13.2 Å². The summed E-state index contributed by atoms with van der Waals surface area (Å²) in [5, 5.41) is 10.3. The lowest BCUT2D eigenvalue weighted by atomic mass is 10.1. The Morgan fingerprint density at radius 3 is 2.50 bits per heavy atom. The van der Waals surface area contributed by atoms with Gasteiger partial charge in [0.15, 0.2) is 0 Å². The van der Waals surface area contributed by atoms with E-state index in [2.05, 4.69) is 15.0 Å². The maximum Gasteiger partial charge on any atom is 0.451 e. The number of carbonyl (C=O) groups excluding carboxylic acids is 1. The molecular formula is C17H19F3N4O2. The highest BCUT2D eigenvalue weighted by Gasteiger charge is 2.34. The molecule has 2 heterocycles. The lowest BCUT2D eigenvalue weighted by Crippen LogP contribution is -2.36. The average Bonchev–Trinajstić information content (AvgIpc) is 2.61. The summed E-state index contributed by atoms with van der Waals surface area (Å²) in [6.45, 7) is 2.37. The summed E-state index contributed by atoms with van der Waals surface area (Å²) in [6.07, 6.45) is 0.101. The van der Waals surface area contributed by atoms with Crippen molar-refractivity contribution in [3.63, 3.8) is 0 Å². The van der Waals surface area contributed by atoms with E-state index in [-0.39, 0.29) is 24.4 Å². The maximum atomic E-state index is 12.5. The molecule has 0 aliphatic heterocycles. The third-order valence-electron chi connectivity index (χ3n) is 3.62. The van der Waals surface area contributed by atoms with Gasteiger partial charge in [0.05, 0.1) is 19.1 Å². The van der Waals surface area contributed by atoms with Crippen molar-refractivity contribution in [2.45, 2.75) is 32.0 Å². The van der Waals surface area contributed by atoms with Crippen molar-refractivity contribution >= 4 is 5.91 Å². The molecule has 0 spiro atoms. The van der Waals surface area contributed by atoms with Gasteiger partial charge < -0.3 is 10.0 Å². The van der Waals surface area contributed by atoms with Crippen molar-refractivity contribution in [2.75, 3.05) is 13.1 Å². The number of aliphatic hydroxyl groups excluding tert-OH is 1. The first-order chi connectivity index (χ1) is 12.3. The fourth-order valence-electron chi connectivity index (χ4n) is 2.35. The first kappa shape index (κ1) is 19.8. The third-order valence-corrected chi connectivity index (χ3v) is 3.62. The van der Waals surface area contributed by atoms with Crippen LogP contribution in [0.5, 0.6) is 0 Å². The molecule has 1 amide bonds. The average molecular weight is 368 g/mol. The second kappa shape index (κ2) is 8.70. The number of nitrogens with zero attached hydrogens (tertiary/aromatic N) is 4. The fourth-order valence-corrected chi connectivity index (χ4v) is 2.35. The van der Waals surface area contributed by atoms with Crippen LogP contribution in [0.25, 0.3) is 0 Å². The van der Waals surface area contributed by atoms with Crippen molar-refractivity contribution in [1.29, 1.82) is 0 Å². The van der Waals surface area contributed by atoms with Crippen molar-refractivity contribution in [3.8, 4) is 0 Å². The van der Waals surface area contributed by atoms with E-state index in [9.17, 15) is 23.1 Å². The number of rotatable bonds is 7.